The third kappa shape index (κ3) is 3.68. The standard InChI is InChI=1S/C13H15N3O4/c1-8(2)11(13(17)18)7-15-10-3-4-12(16(19)20)9(5-10)6-14/h3-5,8,11,15H,7H2,1-2H3,(H,17,18). The molecule has 106 valence electrons. The maximum atomic E-state index is 11.0. The van der Waals surface area contributed by atoms with Crippen LogP contribution in [0, 0.1) is 33.3 Å². The topological polar surface area (TPSA) is 116 Å². The fourth-order valence-corrected chi connectivity index (χ4v) is 1.73. The number of hydrogen-bond acceptors (Lipinski definition) is 5. The Morgan fingerprint density at radius 2 is 2.20 bits per heavy atom. The van der Waals surface area contributed by atoms with Crippen molar-refractivity contribution in [3.63, 3.8) is 0 Å². The summed E-state index contributed by atoms with van der Waals surface area (Å²) in [7, 11) is 0. The van der Waals surface area contributed by atoms with Crippen molar-refractivity contribution in [3.8, 4) is 6.07 Å². The van der Waals surface area contributed by atoms with Crippen LogP contribution in [0.2, 0.25) is 0 Å². The molecule has 0 saturated carbocycles. The first-order valence-electron chi connectivity index (χ1n) is 6.02. The molecule has 20 heavy (non-hydrogen) atoms. The molecule has 0 aromatic heterocycles. The number of nitriles is 1. The molecule has 0 aliphatic heterocycles. The molecular formula is C13H15N3O4. The number of rotatable bonds is 6. The van der Waals surface area contributed by atoms with Crippen LogP contribution in [0.25, 0.3) is 0 Å². The molecule has 7 heteroatoms. The van der Waals surface area contributed by atoms with Gasteiger partial charge in [-0.15, -0.1) is 0 Å². The molecule has 0 aliphatic rings. The molecule has 2 N–H and O–H groups in total. The second-order valence-corrected chi connectivity index (χ2v) is 4.67. The number of carbonyl (C=O) groups is 1. The van der Waals surface area contributed by atoms with Crippen LogP contribution in [-0.4, -0.2) is 22.5 Å². The van der Waals surface area contributed by atoms with Crippen molar-refractivity contribution in [3.05, 3.63) is 33.9 Å². The predicted molar refractivity (Wildman–Crippen MR) is 72.3 cm³/mol. The molecule has 0 radical (unpaired) electrons. The van der Waals surface area contributed by atoms with Crippen LogP contribution in [-0.2, 0) is 4.79 Å². The molecule has 0 heterocycles. The van der Waals surface area contributed by atoms with E-state index in [1.165, 1.54) is 18.2 Å². The van der Waals surface area contributed by atoms with Crippen molar-refractivity contribution in [2.24, 2.45) is 11.8 Å². The number of hydrogen-bond donors (Lipinski definition) is 2. The third-order valence-corrected chi connectivity index (χ3v) is 2.96. The lowest BCUT2D eigenvalue weighted by atomic mass is 9.96. The fraction of sp³-hybridized carbons (Fsp3) is 0.385. The van der Waals surface area contributed by atoms with Gasteiger partial charge in [0.05, 0.1) is 10.8 Å². The SMILES string of the molecule is CC(C)C(CNc1ccc([N+](=O)[O-])c(C#N)c1)C(=O)O. The predicted octanol–water partition coefficient (Wildman–Crippen LogP) is 2.24. The summed E-state index contributed by atoms with van der Waals surface area (Å²) in [6.07, 6.45) is 0. The first-order chi connectivity index (χ1) is 9.36. The lowest BCUT2D eigenvalue weighted by Crippen LogP contribution is -2.27. The number of carboxylic acid groups (broad SMARTS) is 1. The lowest BCUT2D eigenvalue weighted by Gasteiger charge is -2.17. The van der Waals surface area contributed by atoms with E-state index in [4.69, 9.17) is 10.4 Å². The van der Waals surface area contributed by atoms with Crippen molar-refractivity contribution >= 4 is 17.3 Å². The van der Waals surface area contributed by atoms with Gasteiger partial charge in [-0.3, -0.25) is 14.9 Å². The lowest BCUT2D eigenvalue weighted by molar-refractivity contribution is -0.385. The van der Waals surface area contributed by atoms with Gasteiger partial charge in [0, 0.05) is 18.3 Å². The summed E-state index contributed by atoms with van der Waals surface area (Å²) in [5, 5.41) is 31.5. The van der Waals surface area contributed by atoms with Crippen molar-refractivity contribution in [2.75, 3.05) is 11.9 Å². The van der Waals surface area contributed by atoms with Crippen LogP contribution in [0.1, 0.15) is 19.4 Å². The van der Waals surface area contributed by atoms with E-state index in [-0.39, 0.29) is 23.7 Å². The average Bonchev–Trinajstić information content (AvgIpc) is 2.37. The second kappa shape index (κ2) is 6.52. The van der Waals surface area contributed by atoms with E-state index in [1.807, 2.05) is 0 Å². The number of carboxylic acids is 1. The third-order valence-electron chi connectivity index (χ3n) is 2.96. The molecule has 1 aromatic rings. The van der Waals surface area contributed by atoms with E-state index in [0.29, 0.717) is 5.69 Å². The summed E-state index contributed by atoms with van der Waals surface area (Å²) in [6, 6.07) is 5.78. The van der Waals surface area contributed by atoms with Gasteiger partial charge in [-0.2, -0.15) is 5.26 Å². The monoisotopic (exact) mass is 277 g/mol. The Kier molecular flexibility index (Phi) is 5.03. The van der Waals surface area contributed by atoms with E-state index in [0.717, 1.165) is 0 Å². The molecule has 1 rings (SSSR count). The Bertz CT molecular complexity index is 563. The van der Waals surface area contributed by atoms with Crippen molar-refractivity contribution in [2.45, 2.75) is 13.8 Å². The first kappa shape index (κ1) is 15.4. The molecule has 1 unspecified atom stereocenters. The van der Waals surface area contributed by atoms with Crippen LogP contribution in [0.5, 0.6) is 0 Å². The molecule has 0 bridgehead atoms. The smallest absolute Gasteiger partial charge is 0.308 e. The largest absolute Gasteiger partial charge is 0.481 e. The van der Waals surface area contributed by atoms with Gasteiger partial charge in [-0.05, 0) is 18.1 Å². The zero-order valence-corrected chi connectivity index (χ0v) is 11.2. The molecule has 1 aromatic carbocycles. The summed E-state index contributed by atoms with van der Waals surface area (Å²) in [6.45, 7) is 3.80. The summed E-state index contributed by atoms with van der Waals surface area (Å²) in [4.78, 5) is 21.1. The Balaban J connectivity index is 2.87. The van der Waals surface area contributed by atoms with E-state index < -0.39 is 16.8 Å². The van der Waals surface area contributed by atoms with Gasteiger partial charge in [-0.1, -0.05) is 13.8 Å². The number of nitrogens with one attached hydrogen (secondary N) is 1. The Hall–Kier alpha value is -2.62. The van der Waals surface area contributed by atoms with Crippen LogP contribution in [0.4, 0.5) is 11.4 Å². The molecule has 0 spiro atoms. The van der Waals surface area contributed by atoms with Gasteiger partial charge in [0.25, 0.3) is 5.69 Å². The normalized spacial score (nSPS) is 11.7. The van der Waals surface area contributed by atoms with Crippen LogP contribution < -0.4 is 5.32 Å². The average molecular weight is 277 g/mol. The van der Waals surface area contributed by atoms with Gasteiger partial charge < -0.3 is 10.4 Å². The van der Waals surface area contributed by atoms with Crippen molar-refractivity contribution < 1.29 is 14.8 Å². The van der Waals surface area contributed by atoms with Gasteiger partial charge >= 0.3 is 5.97 Å². The summed E-state index contributed by atoms with van der Waals surface area (Å²) < 4.78 is 0. The van der Waals surface area contributed by atoms with Gasteiger partial charge in [0.15, 0.2) is 0 Å². The summed E-state index contributed by atoms with van der Waals surface area (Å²) in [5.41, 5.74) is 0.159. The van der Waals surface area contributed by atoms with E-state index >= 15 is 0 Å². The molecule has 0 fully saturated rings. The summed E-state index contributed by atoms with van der Waals surface area (Å²) >= 11 is 0. The fourth-order valence-electron chi connectivity index (χ4n) is 1.73. The minimum Gasteiger partial charge on any atom is -0.481 e. The van der Waals surface area contributed by atoms with Crippen LogP contribution in [0.15, 0.2) is 18.2 Å². The van der Waals surface area contributed by atoms with E-state index in [1.54, 1.807) is 19.9 Å². The van der Waals surface area contributed by atoms with Gasteiger partial charge in [0.2, 0.25) is 0 Å². The van der Waals surface area contributed by atoms with Crippen molar-refractivity contribution in [1.82, 2.24) is 0 Å². The molecule has 0 saturated heterocycles. The van der Waals surface area contributed by atoms with E-state index in [9.17, 15) is 14.9 Å². The Labute approximate surface area is 116 Å². The quantitative estimate of drug-likeness (QED) is 0.608. The number of benzene rings is 1. The summed E-state index contributed by atoms with van der Waals surface area (Å²) in [5.74, 6) is -1.53. The molecular weight excluding hydrogens is 262 g/mol. The second-order valence-electron chi connectivity index (χ2n) is 4.67. The Morgan fingerprint density at radius 3 is 2.65 bits per heavy atom. The molecule has 7 nitrogen and oxygen atoms in total. The maximum absolute atomic E-state index is 11.0. The van der Waals surface area contributed by atoms with Crippen LogP contribution in [0.3, 0.4) is 0 Å². The van der Waals surface area contributed by atoms with E-state index in [2.05, 4.69) is 5.32 Å². The number of nitro benzene ring substituents is 1. The highest BCUT2D eigenvalue weighted by molar-refractivity contribution is 5.71. The highest BCUT2D eigenvalue weighted by atomic mass is 16.6. The van der Waals surface area contributed by atoms with Gasteiger partial charge in [0.1, 0.15) is 11.6 Å². The number of aliphatic carboxylic acids is 1. The van der Waals surface area contributed by atoms with Crippen LogP contribution >= 0.6 is 0 Å². The number of anilines is 1. The molecule has 0 amide bonds. The molecule has 1 atom stereocenters. The first-order valence-corrected chi connectivity index (χ1v) is 6.02. The molecule has 0 aliphatic carbocycles. The highest BCUT2D eigenvalue weighted by Crippen LogP contribution is 2.22. The maximum Gasteiger partial charge on any atom is 0.308 e. The zero-order valence-electron chi connectivity index (χ0n) is 11.2. The Morgan fingerprint density at radius 1 is 1.55 bits per heavy atom. The van der Waals surface area contributed by atoms with Crippen molar-refractivity contribution in [1.29, 1.82) is 5.26 Å². The minimum atomic E-state index is -0.907. The minimum absolute atomic E-state index is 0.0477. The number of nitro groups is 1. The zero-order chi connectivity index (χ0) is 15.3. The highest BCUT2D eigenvalue weighted by Gasteiger charge is 2.21. The van der Waals surface area contributed by atoms with Gasteiger partial charge in [-0.25, -0.2) is 0 Å². The number of nitrogens with zero attached hydrogens (tertiary/aromatic N) is 2.